The van der Waals surface area contributed by atoms with Crippen LogP contribution in [0.3, 0.4) is 0 Å². The first-order chi connectivity index (χ1) is 8.34. The highest BCUT2D eigenvalue weighted by atomic mass is 35.5. The van der Waals surface area contributed by atoms with Crippen LogP contribution in [-0.2, 0) is 11.2 Å². The average molecular weight is 271 g/mol. The Morgan fingerprint density at radius 1 is 1.39 bits per heavy atom. The van der Waals surface area contributed by atoms with Gasteiger partial charge in [-0.15, -0.1) is 12.4 Å². The summed E-state index contributed by atoms with van der Waals surface area (Å²) >= 11 is 0. The van der Waals surface area contributed by atoms with Crippen LogP contribution >= 0.6 is 12.4 Å². The van der Waals surface area contributed by atoms with Crippen LogP contribution in [0.25, 0.3) is 0 Å². The van der Waals surface area contributed by atoms with Gasteiger partial charge in [0.15, 0.2) is 0 Å². The number of nitrogens with one attached hydrogen (secondary N) is 3. The van der Waals surface area contributed by atoms with Gasteiger partial charge in [-0.3, -0.25) is 9.89 Å². The Morgan fingerprint density at radius 2 is 2.28 bits per heavy atom. The van der Waals surface area contributed by atoms with Crippen LogP contribution in [0, 0.1) is 0 Å². The largest absolute Gasteiger partial charge is 0.346 e. The summed E-state index contributed by atoms with van der Waals surface area (Å²) in [5.41, 5.74) is 2.35. The molecule has 1 amide bonds. The van der Waals surface area contributed by atoms with Gasteiger partial charge in [-0.25, -0.2) is 0 Å². The van der Waals surface area contributed by atoms with Crippen LogP contribution in [0.15, 0.2) is 6.20 Å². The third-order valence-electron chi connectivity index (χ3n) is 3.73. The van der Waals surface area contributed by atoms with Crippen molar-refractivity contribution in [1.29, 1.82) is 0 Å². The maximum Gasteiger partial charge on any atom is 0.237 e. The fourth-order valence-electron chi connectivity index (χ4n) is 2.79. The third kappa shape index (κ3) is 2.52. The minimum atomic E-state index is 0. The summed E-state index contributed by atoms with van der Waals surface area (Å²) in [5, 5.41) is 13.4. The maximum atomic E-state index is 12.0. The first-order valence-corrected chi connectivity index (χ1v) is 6.40. The molecular weight excluding hydrogens is 252 g/mol. The molecule has 0 spiro atoms. The van der Waals surface area contributed by atoms with Crippen LogP contribution in [0.2, 0.25) is 0 Å². The Hall–Kier alpha value is -1.07. The predicted molar refractivity (Wildman–Crippen MR) is 70.7 cm³/mol. The molecule has 1 fully saturated rings. The summed E-state index contributed by atoms with van der Waals surface area (Å²) in [5.74, 6) is 0.134. The van der Waals surface area contributed by atoms with E-state index in [9.17, 15) is 4.79 Å². The van der Waals surface area contributed by atoms with E-state index >= 15 is 0 Å². The number of carbonyl (C=O) groups excluding carboxylic acids is 1. The van der Waals surface area contributed by atoms with Crippen molar-refractivity contribution in [2.24, 2.45) is 0 Å². The average Bonchev–Trinajstić information content (AvgIpc) is 3.00. The zero-order chi connectivity index (χ0) is 11.7. The number of aryl methyl sites for hydroxylation is 1. The molecule has 100 valence electrons. The van der Waals surface area contributed by atoms with Crippen molar-refractivity contribution in [2.75, 3.05) is 6.54 Å². The van der Waals surface area contributed by atoms with E-state index in [1.54, 1.807) is 0 Å². The zero-order valence-electron chi connectivity index (χ0n) is 10.2. The second-order valence-corrected chi connectivity index (χ2v) is 4.91. The third-order valence-corrected chi connectivity index (χ3v) is 3.73. The van der Waals surface area contributed by atoms with Gasteiger partial charge >= 0.3 is 0 Å². The van der Waals surface area contributed by atoms with Crippen molar-refractivity contribution in [2.45, 2.75) is 44.2 Å². The Morgan fingerprint density at radius 3 is 3.06 bits per heavy atom. The topological polar surface area (TPSA) is 69.8 Å². The van der Waals surface area contributed by atoms with Crippen molar-refractivity contribution in [3.05, 3.63) is 17.5 Å². The Labute approximate surface area is 113 Å². The highest BCUT2D eigenvalue weighted by molar-refractivity contribution is 5.85. The molecule has 2 unspecified atom stereocenters. The number of halogens is 1. The second kappa shape index (κ2) is 5.71. The molecular formula is C12H19ClN4O. The molecule has 1 aliphatic heterocycles. The first kappa shape index (κ1) is 13.4. The van der Waals surface area contributed by atoms with Crippen LogP contribution in [0.4, 0.5) is 0 Å². The lowest BCUT2D eigenvalue weighted by Crippen LogP contribution is -2.42. The Kier molecular flexibility index (Phi) is 4.24. The van der Waals surface area contributed by atoms with Crippen LogP contribution in [0.1, 0.15) is 43.0 Å². The van der Waals surface area contributed by atoms with E-state index in [4.69, 9.17) is 0 Å². The second-order valence-electron chi connectivity index (χ2n) is 4.91. The number of H-pyrrole nitrogens is 1. The van der Waals surface area contributed by atoms with E-state index in [0.717, 1.165) is 44.3 Å². The molecule has 2 heterocycles. The lowest BCUT2D eigenvalue weighted by molar-refractivity contribution is -0.123. The molecule has 3 N–H and O–H groups in total. The molecule has 1 aliphatic carbocycles. The fraction of sp³-hybridized carbons (Fsp3) is 0.667. The van der Waals surface area contributed by atoms with Crippen molar-refractivity contribution in [3.8, 4) is 0 Å². The van der Waals surface area contributed by atoms with Gasteiger partial charge in [0, 0.05) is 0 Å². The summed E-state index contributed by atoms with van der Waals surface area (Å²) in [7, 11) is 0. The number of aromatic amines is 1. The van der Waals surface area contributed by atoms with Gasteiger partial charge in [-0.1, -0.05) is 0 Å². The van der Waals surface area contributed by atoms with E-state index in [2.05, 4.69) is 20.8 Å². The van der Waals surface area contributed by atoms with Crippen LogP contribution in [-0.4, -0.2) is 28.7 Å². The van der Waals surface area contributed by atoms with E-state index < -0.39 is 0 Å². The molecule has 2 aliphatic rings. The number of carbonyl (C=O) groups is 1. The van der Waals surface area contributed by atoms with Crippen molar-refractivity contribution < 1.29 is 4.79 Å². The molecule has 0 aromatic carbocycles. The molecule has 3 rings (SSSR count). The molecule has 0 bridgehead atoms. The summed E-state index contributed by atoms with van der Waals surface area (Å²) in [4.78, 5) is 12.0. The van der Waals surface area contributed by atoms with Crippen LogP contribution in [0.5, 0.6) is 0 Å². The standard InChI is InChI=1S/C12H18N4O.ClH/c17-12(10-5-2-6-13-10)15-9-4-1-3-8-7-14-16-11(8)9;/h7,9-10,13H,1-6H2,(H,14,16)(H,15,17);1H. The van der Waals surface area contributed by atoms with E-state index in [1.807, 2.05) is 6.20 Å². The molecule has 0 saturated carbocycles. The van der Waals surface area contributed by atoms with Gasteiger partial charge in [-0.2, -0.15) is 5.10 Å². The molecule has 18 heavy (non-hydrogen) atoms. The smallest absolute Gasteiger partial charge is 0.237 e. The normalized spacial score (nSPS) is 26.2. The maximum absolute atomic E-state index is 12.0. The first-order valence-electron chi connectivity index (χ1n) is 6.40. The van der Waals surface area contributed by atoms with E-state index in [0.29, 0.717) is 0 Å². The van der Waals surface area contributed by atoms with Gasteiger partial charge in [-0.05, 0) is 44.2 Å². The number of rotatable bonds is 2. The highest BCUT2D eigenvalue weighted by Crippen LogP contribution is 2.27. The number of hydrogen-bond acceptors (Lipinski definition) is 3. The highest BCUT2D eigenvalue weighted by Gasteiger charge is 2.28. The van der Waals surface area contributed by atoms with Gasteiger partial charge < -0.3 is 10.6 Å². The SMILES string of the molecule is Cl.O=C(NC1CCCc2cn[nH]c21)C1CCCN1. The molecule has 1 aromatic rings. The summed E-state index contributed by atoms with van der Waals surface area (Å²) in [6, 6.07) is 0.124. The molecule has 2 atom stereocenters. The zero-order valence-corrected chi connectivity index (χ0v) is 11.1. The number of fused-ring (bicyclic) bond motifs is 1. The number of hydrogen-bond donors (Lipinski definition) is 3. The molecule has 6 heteroatoms. The van der Waals surface area contributed by atoms with Gasteiger partial charge in [0.05, 0.1) is 24.0 Å². The monoisotopic (exact) mass is 270 g/mol. The summed E-state index contributed by atoms with van der Waals surface area (Å²) in [6.07, 6.45) is 7.12. The quantitative estimate of drug-likeness (QED) is 0.753. The van der Waals surface area contributed by atoms with Gasteiger partial charge in [0.25, 0.3) is 0 Å². The van der Waals surface area contributed by atoms with Gasteiger partial charge in [0.2, 0.25) is 5.91 Å². The van der Waals surface area contributed by atoms with Crippen molar-refractivity contribution in [3.63, 3.8) is 0 Å². The number of amides is 1. The van der Waals surface area contributed by atoms with E-state index in [1.165, 1.54) is 5.56 Å². The van der Waals surface area contributed by atoms with Crippen molar-refractivity contribution in [1.82, 2.24) is 20.8 Å². The summed E-state index contributed by atoms with van der Waals surface area (Å²) < 4.78 is 0. The van der Waals surface area contributed by atoms with Gasteiger partial charge in [0.1, 0.15) is 0 Å². The summed E-state index contributed by atoms with van der Waals surface area (Å²) in [6.45, 7) is 0.956. The lowest BCUT2D eigenvalue weighted by atomic mass is 9.93. The molecule has 5 nitrogen and oxygen atoms in total. The lowest BCUT2D eigenvalue weighted by Gasteiger charge is -2.24. The minimum Gasteiger partial charge on any atom is -0.346 e. The number of aromatic nitrogens is 2. The molecule has 1 saturated heterocycles. The van der Waals surface area contributed by atoms with E-state index in [-0.39, 0.29) is 30.4 Å². The Bertz CT molecular complexity index is 414. The molecule has 0 radical (unpaired) electrons. The number of nitrogens with zero attached hydrogens (tertiary/aromatic N) is 1. The fourth-order valence-corrected chi connectivity index (χ4v) is 2.79. The molecule has 1 aromatic heterocycles. The predicted octanol–water partition coefficient (Wildman–Crippen LogP) is 1.08. The minimum absolute atomic E-state index is 0. The van der Waals surface area contributed by atoms with Crippen LogP contribution < -0.4 is 10.6 Å². The Balaban J connectivity index is 0.00000120. The van der Waals surface area contributed by atoms with Crippen molar-refractivity contribution >= 4 is 18.3 Å².